The number of thioether (sulfide) groups is 1. The minimum absolute atomic E-state index is 0.00468. The van der Waals surface area contributed by atoms with E-state index in [9.17, 15) is 9.18 Å². The Morgan fingerprint density at radius 1 is 1.42 bits per heavy atom. The Bertz CT molecular complexity index is 515. The molecule has 1 fully saturated rings. The molecule has 0 aromatic heterocycles. The highest BCUT2D eigenvalue weighted by molar-refractivity contribution is 8.16. The second-order valence-corrected chi connectivity index (χ2v) is 6.29. The summed E-state index contributed by atoms with van der Waals surface area (Å²) in [5.41, 5.74) is 0.925. The predicted octanol–water partition coefficient (Wildman–Crippen LogP) is 3.27. The predicted molar refractivity (Wildman–Crippen MR) is 76.7 cm³/mol. The Morgan fingerprint density at radius 2 is 2.05 bits per heavy atom. The topological polar surface area (TPSA) is 41.5 Å². The first-order valence-corrected chi connectivity index (χ1v) is 7.10. The highest BCUT2D eigenvalue weighted by Crippen LogP contribution is 2.35. The molecule has 1 saturated heterocycles. The number of hydrogen-bond acceptors (Lipinski definition) is 3. The molecule has 102 valence electrons. The highest BCUT2D eigenvalue weighted by atomic mass is 32.2. The van der Waals surface area contributed by atoms with Crippen LogP contribution in [0, 0.1) is 5.82 Å². The summed E-state index contributed by atoms with van der Waals surface area (Å²) in [5.74, 6) is -0.254. The van der Waals surface area contributed by atoms with Gasteiger partial charge < -0.3 is 5.32 Å². The van der Waals surface area contributed by atoms with Crippen LogP contribution in [0.4, 0.5) is 4.39 Å². The van der Waals surface area contributed by atoms with Crippen LogP contribution in [0.1, 0.15) is 38.8 Å². The molecule has 5 heteroatoms. The largest absolute Gasteiger partial charge is 0.304 e. The Balaban J connectivity index is 2.14. The van der Waals surface area contributed by atoms with E-state index in [-0.39, 0.29) is 17.8 Å². The molecule has 0 bridgehead atoms. The van der Waals surface area contributed by atoms with Crippen molar-refractivity contribution < 1.29 is 9.18 Å². The minimum Gasteiger partial charge on any atom is -0.304 e. The molecule has 1 aromatic rings. The van der Waals surface area contributed by atoms with Crippen molar-refractivity contribution in [1.82, 2.24) is 5.32 Å². The summed E-state index contributed by atoms with van der Waals surface area (Å²) in [4.78, 5) is 16.3. The zero-order valence-corrected chi connectivity index (χ0v) is 12.1. The number of aliphatic imine (C=N–C) groups is 1. The van der Waals surface area contributed by atoms with Crippen LogP contribution >= 0.6 is 11.8 Å². The number of benzene rings is 1. The molecule has 1 heterocycles. The lowest BCUT2D eigenvalue weighted by molar-refractivity contribution is -0.121. The van der Waals surface area contributed by atoms with Gasteiger partial charge in [0.1, 0.15) is 5.82 Å². The first-order chi connectivity index (χ1) is 8.94. The fraction of sp³-hybridized carbons (Fsp3) is 0.429. The maximum atomic E-state index is 12.9. The third-order valence-corrected chi connectivity index (χ3v) is 4.69. The summed E-state index contributed by atoms with van der Waals surface area (Å²) < 4.78 is 12.4. The summed E-state index contributed by atoms with van der Waals surface area (Å²) in [6.45, 7) is 5.82. The summed E-state index contributed by atoms with van der Waals surface area (Å²) in [6, 6.07) is 6.16. The van der Waals surface area contributed by atoms with E-state index in [4.69, 9.17) is 0 Å². The molecular formula is C14H17FN2OS. The molecule has 0 radical (unpaired) electrons. The van der Waals surface area contributed by atoms with E-state index >= 15 is 0 Å². The Labute approximate surface area is 116 Å². The van der Waals surface area contributed by atoms with Crippen molar-refractivity contribution in [1.29, 1.82) is 0 Å². The first kappa shape index (κ1) is 14.1. The zero-order chi connectivity index (χ0) is 14.0. The summed E-state index contributed by atoms with van der Waals surface area (Å²) in [5, 5.41) is 3.45. The molecule has 1 aliphatic heterocycles. The molecule has 0 spiro atoms. The van der Waals surface area contributed by atoms with Gasteiger partial charge in [0.05, 0.1) is 10.8 Å². The smallest absolute Gasteiger partial charge is 0.242 e. The van der Waals surface area contributed by atoms with Crippen molar-refractivity contribution in [3.63, 3.8) is 0 Å². The van der Waals surface area contributed by atoms with Crippen LogP contribution in [0.2, 0.25) is 0 Å². The monoisotopic (exact) mass is 280 g/mol. The minimum atomic E-state index is -0.429. The van der Waals surface area contributed by atoms with Gasteiger partial charge in [-0.2, -0.15) is 0 Å². The number of hydrogen-bond donors (Lipinski definition) is 1. The molecule has 3 nitrogen and oxygen atoms in total. The van der Waals surface area contributed by atoms with Crippen molar-refractivity contribution >= 4 is 22.8 Å². The Morgan fingerprint density at radius 3 is 2.58 bits per heavy atom. The maximum Gasteiger partial charge on any atom is 0.242 e. The number of nitrogens with one attached hydrogen (secondary N) is 1. The van der Waals surface area contributed by atoms with Gasteiger partial charge in [-0.1, -0.05) is 30.8 Å². The summed E-state index contributed by atoms with van der Waals surface area (Å²) in [7, 11) is 0. The van der Waals surface area contributed by atoms with Crippen LogP contribution < -0.4 is 5.32 Å². The van der Waals surface area contributed by atoms with E-state index in [0.717, 1.165) is 12.0 Å². The maximum absolute atomic E-state index is 12.9. The van der Waals surface area contributed by atoms with Crippen molar-refractivity contribution in [2.45, 2.75) is 38.0 Å². The van der Waals surface area contributed by atoms with Gasteiger partial charge >= 0.3 is 0 Å². The molecule has 1 aliphatic rings. The Hall–Kier alpha value is -1.36. The SMILES string of the molecule is CCC1(C)SC(=N[C@@H](C)c2ccc(F)cc2)NC1=O. The second kappa shape index (κ2) is 5.33. The second-order valence-electron chi connectivity index (χ2n) is 4.80. The van der Waals surface area contributed by atoms with Crippen LogP contribution in [0.15, 0.2) is 29.3 Å². The van der Waals surface area contributed by atoms with Crippen molar-refractivity contribution in [3.05, 3.63) is 35.6 Å². The van der Waals surface area contributed by atoms with Gasteiger partial charge in [0.2, 0.25) is 5.91 Å². The fourth-order valence-electron chi connectivity index (χ4n) is 1.80. The van der Waals surface area contributed by atoms with Gasteiger partial charge in [0.15, 0.2) is 5.17 Å². The molecule has 2 rings (SSSR count). The normalized spacial score (nSPS) is 26.5. The molecule has 19 heavy (non-hydrogen) atoms. The van der Waals surface area contributed by atoms with Crippen molar-refractivity contribution in [2.75, 3.05) is 0 Å². The zero-order valence-electron chi connectivity index (χ0n) is 11.2. The van der Waals surface area contributed by atoms with Crippen LogP contribution in [-0.2, 0) is 4.79 Å². The van der Waals surface area contributed by atoms with Gasteiger partial charge in [-0.3, -0.25) is 9.79 Å². The lowest BCUT2D eigenvalue weighted by Crippen LogP contribution is -2.33. The average Bonchev–Trinajstić information content (AvgIpc) is 2.66. The first-order valence-electron chi connectivity index (χ1n) is 6.28. The quantitative estimate of drug-likeness (QED) is 0.923. The number of carbonyl (C=O) groups excluding carboxylic acids is 1. The molecule has 1 aromatic carbocycles. The third kappa shape index (κ3) is 2.97. The Kier molecular flexibility index (Phi) is 3.94. The number of amidine groups is 1. The van der Waals surface area contributed by atoms with E-state index < -0.39 is 4.75 Å². The number of rotatable bonds is 3. The third-order valence-electron chi connectivity index (χ3n) is 3.36. The van der Waals surface area contributed by atoms with Crippen LogP contribution in [0.5, 0.6) is 0 Å². The van der Waals surface area contributed by atoms with E-state index in [1.54, 1.807) is 12.1 Å². The van der Waals surface area contributed by atoms with E-state index in [1.807, 2.05) is 20.8 Å². The summed E-state index contributed by atoms with van der Waals surface area (Å²) in [6.07, 6.45) is 0.757. The van der Waals surface area contributed by atoms with Gasteiger partial charge in [-0.05, 0) is 38.0 Å². The van der Waals surface area contributed by atoms with Crippen LogP contribution in [0.3, 0.4) is 0 Å². The molecule has 0 saturated carbocycles. The van der Waals surface area contributed by atoms with E-state index in [1.165, 1.54) is 23.9 Å². The van der Waals surface area contributed by atoms with Crippen LogP contribution in [0.25, 0.3) is 0 Å². The molecule has 1 amide bonds. The highest BCUT2D eigenvalue weighted by Gasteiger charge is 2.40. The molecule has 1 unspecified atom stereocenters. The number of halogens is 1. The average molecular weight is 280 g/mol. The van der Waals surface area contributed by atoms with E-state index in [0.29, 0.717) is 5.17 Å². The van der Waals surface area contributed by atoms with Gasteiger partial charge in [0, 0.05) is 0 Å². The standard InChI is InChI=1S/C14H17FN2OS/c1-4-14(3)12(18)17-13(19-14)16-9(2)10-5-7-11(15)8-6-10/h5-9H,4H2,1-3H3,(H,16,17,18)/t9-,14?/m0/s1. The lowest BCUT2D eigenvalue weighted by atomic mass is 10.1. The fourth-order valence-corrected chi connectivity index (χ4v) is 2.87. The van der Waals surface area contributed by atoms with Gasteiger partial charge in [-0.15, -0.1) is 0 Å². The van der Waals surface area contributed by atoms with Gasteiger partial charge in [-0.25, -0.2) is 4.39 Å². The van der Waals surface area contributed by atoms with Gasteiger partial charge in [0.25, 0.3) is 0 Å². The number of nitrogens with zero attached hydrogens (tertiary/aromatic N) is 1. The van der Waals surface area contributed by atoms with Crippen molar-refractivity contribution in [3.8, 4) is 0 Å². The molecule has 2 atom stereocenters. The van der Waals surface area contributed by atoms with Crippen molar-refractivity contribution in [2.24, 2.45) is 4.99 Å². The lowest BCUT2D eigenvalue weighted by Gasteiger charge is -2.14. The van der Waals surface area contributed by atoms with Crippen LogP contribution in [-0.4, -0.2) is 15.8 Å². The summed E-state index contributed by atoms with van der Waals surface area (Å²) >= 11 is 1.46. The number of carbonyl (C=O) groups is 1. The van der Waals surface area contributed by atoms with E-state index in [2.05, 4.69) is 10.3 Å². The molecule has 1 N–H and O–H groups in total. The molecule has 0 aliphatic carbocycles. The number of amides is 1. The molecular weight excluding hydrogens is 263 g/mol.